The maximum Gasteiger partial charge on any atom is 0.253 e. The fourth-order valence-electron chi connectivity index (χ4n) is 2.18. The lowest BCUT2D eigenvalue weighted by molar-refractivity contribution is 0.0827. The summed E-state index contributed by atoms with van der Waals surface area (Å²) in [6.07, 6.45) is 0. The Morgan fingerprint density at radius 3 is 2.62 bits per heavy atom. The van der Waals surface area contributed by atoms with Crippen LogP contribution in [0.1, 0.15) is 21.8 Å². The Bertz CT molecular complexity index is 821. The normalized spacial score (nSPS) is 10.6. The van der Waals surface area contributed by atoms with Crippen molar-refractivity contribution in [1.29, 1.82) is 0 Å². The van der Waals surface area contributed by atoms with E-state index in [0.29, 0.717) is 23.8 Å². The summed E-state index contributed by atoms with van der Waals surface area (Å²) in [6, 6.07) is 9.05. The molecule has 2 aromatic heterocycles. The van der Waals surface area contributed by atoms with Crippen molar-refractivity contribution in [3.05, 3.63) is 58.1 Å². The van der Waals surface area contributed by atoms with Gasteiger partial charge in [-0.1, -0.05) is 0 Å². The zero-order valence-corrected chi connectivity index (χ0v) is 14.6. The van der Waals surface area contributed by atoms with Gasteiger partial charge in [0.25, 0.3) is 5.91 Å². The van der Waals surface area contributed by atoms with Crippen LogP contribution in [0.4, 0.5) is 0 Å². The van der Waals surface area contributed by atoms with Crippen molar-refractivity contribution in [2.75, 3.05) is 14.1 Å². The van der Waals surface area contributed by atoms with Crippen LogP contribution in [-0.4, -0.2) is 29.9 Å². The summed E-state index contributed by atoms with van der Waals surface area (Å²) in [7, 11) is 3.45. The van der Waals surface area contributed by atoms with E-state index in [1.165, 1.54) is 0 Å². The highest BCUT2D eigenvalue weighted by Crippen LogP contribution is 2.24. The molecule has 3 aromatic rings. The highest BCUT2D eigenvalue weighted by molar-refractivity contribution is 7.08. The van der Waals surface area contributed by atoms with Crippen LogP contribution in [0.5, 0.6) is 5.75 Å². The zero-order valence-electron chi connectivity index (χ0n) is 13.8. The second kappa shape index (κ2) is 6.88. The molecule has 124 valence electrons. The van der Waals surface area contributed by atoms with E-state index >= 15 is 0 Å². The summed E-state index contributed by atoms with van der Waals surface area (Å²) in [5.74, 6) is 2.01. The lowest BCUT2D eigenvalue weighted by atomic mass is 10.2. The van der Waals surface area contributed by atoms with Gasteiger partial charge in [0.15, 0.2) is 0 Å². The third-order valence-electron chi connectivity index (χ3n) is 3.54. The molecule has 0 unspecified atom stereocenters. The van der Waals surface area contributed by atoms with Gasteiger partial charge in [-0.3, -0.25) is 4.79 Å². The molecule has 3 rings (SSSR count). The number of aromatic nitrogens is 1. The Labute approximate surface area is 144 Å². The fourth-order valence-corrected chi connectivity index (χ4v) is 2.80. The Balaban J connectivity index is 1.67. The summed E-state index contributed by atoms with van der Waals surface area (Å²) in [5, 5.41) is 3.98. The molecular formula is C18H18N2O3S. The number of carbonyl (C=O) groups is 1. The number of ether oxygens (including phenoxy) is 1. The van der Waals surface area contributed by atoms with Crippen LogP contribution >= 0.6 is 11.3 Å². The summed E-state index contributed by atoms with van der Waals surface area (Å²) < 4.78 is 11.4. The molecule has 0 aliphatic rings. The van der Waals surface area contributed by atoms with Gasteiger partial charge in [-0.05, 0) is 42.6 Å². The predicted molar refractivity (Wildman–Crippen MR) is 93.3 cm³/mol. The van der Waals surface area contributed by atoms with E-state index in [2.05, 4.69) is 4.98 Å². The van der Waals surface area contributed by atoms with Crippen LogP contribution in [0, 0.1) is 6.92 Å². The zero-order chi connectivity index (χ0) is 17.1. The first kappa shape index (κ1) is 16.3. The lowest BCUT2D eigenvalue weighted by Gasteiger charge is -2.10. The van der Waals surface area contributed by atoms with Crippen LogP contribution in [-0.2, 0) is 6.61 Å². The summed E-state index contributed by atoms with van der Waals surface area (Å²) in [4.78, 5) is 17.9. The van der Waals surface area contributed by atoms with Crippen LogP contribution in [0.25, 0.3) is 11.5 Å². The van der Waals surface area contributed by atoms with Gasteiger partial charge >= 0.3 is 0 Å². The minimum Gasteiger partial charge on any atom is -0.487 e. The molecule has 2 heterocycles. The average Bonchev–Trinajstić information content (AvgIpc) is 3.22. The van der Waals surface area contributed by atoms with Crippen molar-refractivity contribution >= 4 is 17.2 Å². The Morgan fingerprint density at radius 1 is 1.25 bits per heavy atom. The van der Waals surface area contributed by atoms with Gasteiger partial charge < -0.3 is 14.1 Å². The van der Waals surface area contributed by atoms with Crippen molar-refractivity contribution in [3.63, 3.8) is 0 Å². The molecular weight excluding hydrogens is 324 g/mol. The fraction of sp³-hybridized carbons (Fsp3) is 0.222. The number of carbonyl (C=O) groups excluding carboxylic acids is 1. The quantitative estimate of drug-likeness (QED) is 0.703. The van der Waals surface area contributed by atoms with E-state index in [0.717, 1.165) is 17.0 Å². The number of hydrogen-bond acceptors (Lipinski definition) is 5. The molecule has 24 heavy (non-hydrogen) atoms. The van der Waals surface area contributed by atoms with E-state index < -0.39 is 0 Å². The summed E-state index contributed by atoms with van der Waals surface area (Å²) >= 11 is 1.60. The minimum absolute atomic E-state index is 0.0331. The first-order chi connectivity index (χ1) is 11.5. The predicted octanol–water partition coefficient (Wildman–Crippen LogP) is 3.99. The number of oxazole rings is 1. The van der Waals surface area contributed by atoms with Gasteiger partial charge in [-0.25, -0.2) is 4.98 Å². The number of aryl methyl sites for hydroxylation is 1. The maximum atomic E-state index is 11.9. The molecule has 0 spiro atoms. The van der Waals surface area contributed by atoms with Crippen molar-refractivity contribution in [2.45, 2.75) is 13.5 Å². The molecule has 0 aliphatic heterocycles. The van der Waals surface area contributed by atoms with E-state index in [1.807, 2.05) is 23.8 Å². The summed E-state index contributed by atoms with van der Waals surface area (Å²) in [5.41, 5.74) is 2.37. The largest absolute Gasteiger partial charge is 0.487 e. The molecule has 6 heteroatoms. The molecule has 5 nitrogen and oxygen atoms in total. The van der Waals surface area contributed by atoms with Gasteiger partial charge in [-0.2, -0.15) is 11.3 Å². The molecule has 0 N–H and O–H groups in total. The number of hydrogen-bond donors (Lipinski definition) is 0. The average molecular weight is 342 g/mol. The third kappa shape index (κ3) is 3.49. The van der Waals surface area contributed by atoms with Crippen molar-refractivity contribution in [1.82, 2.24) is 9.88 Å². The Morgan fingerprint density at radius 2 is 2.00 bits per heavy atom. The van der Waals surface area contributed by atoms with E-state index in [9.17, 15) is 4.79 Å². The first-order valence-electron chi connectivity index (χ1n) is 7.48. The van der Waals surface area contributed by atoms with Crippen LogP contribution in [0.15, 0.2) is 45.5 Å². The number of nitrogens with zero attached hydrogens (tertiary/aromatic N) is 2. The smallest absolute Gasteiger partial charge is 0.253 e. The van der Waals surface area contributed by atoms with Gasteiger partial charge in [0.1, 0.15) is 23.8 Å². The second-order valence-corrected chi connectivity index (χ2v) is 6.33. The number of benzene rings is 1. The molecule has 0 atom stereocenters. The molecule has 0 saturated carbocycles. The maximum absolute atomic E-state index is 11.9. The molecule has 0 bridgehead atoms. The number of rotatable bonds is 5. The monoisotopic (exact) mass is 342 g/mol. The van der Waals surface area contributed by atoms with Gasteiger partial charge in [0, 0.05) is 30.6 Å². The van der Waals surface area contributed by atoms with Gasteiger partial charge in [0.2, 0.25) is 5.89 Å². The van der Waals surface area contributed by atoms with Gasteiger partial charge in [-0.15, -0.1) is 0 Å². The first-order valence-corrected chi connectivity index (χ1v) is 8.42. The SMILES string of the molecule is Cc1oc(-c2ccsc2)nc1COc1ccc(C(=O)N(C)C)cc1. The Kier molecular flexibility index (Phi) is 4.66. The van der Waals surface area contributed by atoms with Crippen molar-refractivity contribution in [3.8, 4) is 17.2 Å². The summed E-state index contributed by atoms with van der Waals surface area (Å²) in [6.45, 7) is 2.20. The second-order valence-electron chi connectivity index (χ2n) is 5.55. The van der Waals surface area contributed by atoms with Crippen molar-refractivity contribution < 1.29 is 13.9 Å². The van der Waals surface area contributed by atoms with Crippen molar-refractivity contribution in [2.24, 2.45) is 0 Å². The standard InChI is InChI=1S/C18H18N2O3S/c1-12-16(19-17(23-12)14-8-9-24-11-14)10-22-15-6-4-13(5-7-15)18(21)20(2)3/h4-9,11H,10H2,1-3H3. The van der Waals surface area contributed by atoms with E-state index in [1.54, 1.807) is 54.6 Å². The van der Waals surface area contributed by atoms with Crippen LogP contribution in [0.2, 0.25) is 0 Å². The lowest BCUT2D eigenvalue weighted by Crippen LogP contribution is -2.21. The van der Waals surface area contributed by atoms with Gasteiger partial charge in [0.05, 0.1) is 0 Å². The van der Waals surface area contributed by atoms with E-state index in [4.69, 9.17) is 9.15 Å². The Hall–Kier alpha value is -2.60. The van der Waals surface area contributed by atoms with Crippen LogP contribution < -0.4 is 4.74 Å². The highest BCUT2D eigenvalue weighted by atomic mass is 32.1. The number of amides is 1. The topological polar surface area (TPSA) is 55.6 Å². The number of thiophene rings is 1. The van der Waals surface area contributed by atoms with Crippen LogP contribution in [0.3, 0.4) is 0 Å². The molecule has 0 fully saturated rings. The molecule has 1 aromatic carbocycles. The molecule has 0 radical (unpaired) electrons. The molecule has 1 amide bonds. The molecule has 0 saturated heterocycles. The molecule has 0 aliphatic carbocycles. The van der Waals surface area contributed by atoms with E-state index in [-0.39, 0.29) is 5.91 Å². The minimum atomic E-state index is -0.0331. The third-order valence-corrected chi connectivity index (χ3v) is 4.23. The highest BCUT2D eigenvalue weighted by Gasteiger charge is 2.13.